The number of fused-ring (bicyclic) bond motifs is 1. The summed E-state index contributed by atoms with van der Waals surface area (Å²) in [5.41, 5.74) is 14.9. The van der Waals surface area contributed by atoms with E-state index < -0.39 is 0 Å². The highest BCUT2D eigenvalue weighted by molar-refractivity contribution is 5.84. The van der Waals surface area contributed by atoms with E-state index in [2.05, 4.69) is 219 Å². The first-order valence-corrected chi connectivity index (χ1v) is 18.5. The molecule has 0 heterocycles. The summed E-state index contributed by atoms with van der Waals surface area (Å²) >= 11 is 0. The normalized spacial score (nSPS) is 14.3. The van der Waals surface area contributed by atoms with E-state index in [-0.39, 0.29) is 10.8 Å². The van der Waals surface area contributed by atoms with Crippen LogP contribution in [0.1, 0.15) is 51.7 Å². The zero-order valence-electron chi connectivity index (χ0n) is 30.6. The second kappa shape index (κ2) is 13.7. The molecule has 0 amide bonds. The molecule has 0 bridgehead atoms. The molecule has 0 N–H and O–H groups in total. The Labute approximate surface area is 309 Å². The molecule has 0 fully saturated rings. The molecule has 0 atom stereocenters. The van der Waals surface area contributed by atoms with Crippen molar-refractivity contribution < 1.29 is 0 Å². The Balaban J connectivity index is 1.17. The predicted molar refractivity (Wildman–Crippen MR) is 222 cm³/mol. The highest BCUT2D eigenvalue weighted by atomic mass is 15.1. The SMILES string of the molecule is CC1(C)CCC(C)(C)c2c(N(c3ccccc3)c3cccc(-c4ccc(N(c5ccccc5)c5ccc(-c6ccccc6)cc5)cc4)c3)cccc21. The first kappa shape index (κ1) is 33.3. The summed E-state index contributed by atoms with van der Waals surface area (Å²) in [6, 6.07) is 65.8. The second-order valence-corrected chi connectivity index (χ2v) is 15.3. The van der Waals surface area contributed by atoms with Crippen LogP contribution in [-0.4, -0.2) is 0 Å². The lowest BCUT2D eigenvalue weighted by atomic mass is 9.62. The van der Waals surface area contributed by atoms with Crippen molar-refractivity contribution in [2.24, 2.45) is 0 Å². The van der Waals surface area contributed by atoms with Crippen LogP contribution >= 0.6 is 0 Å². The maximum Gasteiger partial charge on any atom is 0.0502 e. The number of hydrogen-bond acceptors (Lipinski definition) is 2. The fraction of sp³-hybridized carbons (Fsp3) is 0.160. The summed E-state index contributed by atoms with van der Waals surface area (Å²) in [6.07, 6.45) is 2.35. The number of para-hydroxylation sites is 2. The second-order valence-electron chi connectivity index (χ2n) is 15.3. The lowest BCUT2D eigenvalue weighted by Crippen LogP contribution is -2.35. The van der Waals surface area contributed by atoms with Gasteiger partial charge in [-0.1, -0.05) is 143 Å². The summed E-state index contributed by atoms with van der Waals surface area (Å²) in [6.45, 7) is 9.64. The standard InChI is InChI=1S/C50H46N2/c1-49(2)34-35-50(3,4)48-46(49)24-15-25-47(48)52(42-21-12-7-13-22-42)45-23-14-18-40(36-45)39-28-32-44(33-29-39)51(41-19-10-6-11-20-41)43-30-26-38(27-31-43)37-16-8-5-9-17-37/h5-33,36H,34-35H2,1-4H3. The molecule has 0 aliphatic heterocycles. The quantitative estimate of drug-likeness (QED) is 0.158. The van der Waals surface area contributed by atoms with Crippen LogP contribution in [0.3, 0.4) is 0 Å². The Hall–Kier alpha value is -5.86. The van der Waals surface area contributed by atoms with E-state index in [9.17, 15) is 0 Å². The van der Waals surface area contributed by atoms with Gasteiger partial charge in [-0.25, -0.2) is 0 Å². The fourth-order valence-electron chi connectivity index (χ4n) is 7.98. The first-order chi connectivity index (χ1) is 25.3. The molecule has 0 unspecified atom stereocenters. The zero-order valence-corrected chi connectivity index (χ0v) is 30.6. The summed E-state index contributed by atoms with van der Waals surface area (Å²) in [5, 5.41) is 0. The van der Waals surface area contributed by atoms with Gasteiger partial charge in [0.1, 0.15) is 0 Å². The Morgan fingerprint density at radius 3 is 1.37 bits per heavy atom. The molecule has 52 heavy (non-hydrogen) atoms. The third kappa shape index (κ3) is 6.42. The molecular formula is C50H46N2. The van der Waals surface area contributed by atoms with Gasteiger partial charge in [-0.2, -0.15) is 0 Å². The minimum atomic E-state index is 0.0639. The first-order valence-electron chi connectivity index (χ1n) is 18.5. The fourth-order valence-corrected chi connectivity index (χ4v) is 7.98. The zero-order chi connectivity index (χ0) is 35.7. The van der Waals surface area contributed by atoms with Crippen molar-refractivity contribution in [2.75, 3.05) is 9.80 Å². The summed E-state index contributed by atoms with van der Waals surface area (Å²) < 4.78 is 0. The predicted octanol–water partition coefficient (Wildman–Crippen LogP) is 14.3. The van der Waals surface area contributed by atoms with Gasteiger partial charge in [0, 0.05) is 28.4 Å². The van der Waals surface area contributed by atoms with E-state index in [0.717, 1.165) is 29.2 Å². The summed E-state index contributed by atoms with van der Waals surface area (Å²) in [4.78, 5) is 4.80. The maximum absolute atomic E-state index is 2.47. The molecule has 1 aliphatic rings. The van der Waals surface area contributed by atoms with Crippen molar-refractivity contribution in [1.82, 2.24) is 0 Å². The van der Waals surface area contributed by atoms with Crippen molar-refractivity contribution >= 4 is 34.1 Å². The van der Waals surface area contributed by atoms with Gasteiger partial charge < -0.3 is 9.80 Å². The Morgan fingerprint density at radius 2 is 0.769 bits per heavy atom. The van der Waals surface area contributed by atoms with Crippen LogP contribution in [-0.2, 0) is 10.8 Å². The topological polar surface area (TPSA) is 6.48 Å². The van der Waals surface area contributed by atoms with Crippen molar-refractivity contribution in [2.45, 2.75) is 51.4 Å². The molecule has 8 rings (SSSR count). The summed E-state index contributed by atoms with van der Waals surface area (Å²) in [5.74, 6) is 0. The molecule has 256 valence electrons. The lowest BCUT2D eigenvalue weighted by molar-refractivity contribution is 0.332. The van der Waals surface area contributed by atoms with E-state index in [1.165, 1.54) is 51.2 Å². The average Bonchev–Trinajstić information content (AvgIpc) is 3.19. The van der Waals surface area contributed by atoms with Crippen LogP contribution in [0.4, 0.5) is 34.1 Å². The number of benzene rings is 7. The highest BCUT2D eigenvalue weighted by Crippen LogP contribution is 2.52. The average molecular weight is 675 g/mol. The molecule has 1 aliphatic carbocycles. The number of rotatable bonds is 8. The van der Waals surface area contributed by atoms with Crippen LogP contribution in [0.25, 0.3) is 22.3 Å². The van der Waals surface area contributed by atoms with Crippen molar-refractivity contribution in [3.63, 3.8) is 0 Å². The van der Waals surface area contributed by atoms with Gasteiger partial charge in [-0.15, -0.1) is 0 Å². The van der Waals surface area contributed by atoms with E-state index in [0.29, 0.717) is 0 Å². The molecular weight excluding hydrogens is 629 g/mol. The van der Waals surface area contributed by atoms with Gasteiger partial charge >= 0.3 is 0 Å². The van der Waals surface area contributed by atoms with E-state index in [4.69, 9.17) is 0 Å². The Morgan fingerprint density at radius 1 is 0.346 bits per heavy atom. The van der Waals surface area contributed by atoms with Crippen LogP contribution in [0.2, 0.25) is 0 Å². The molecule has 2 heteroatoms. The third-order valence-corrected chi connectivity index (χ3v) is 10.9. The number of anilines is 6. The van der Waals surface area contributed by atoms with Gasteiger partial charge in [0.2, 0.25) is 0 Å². The largest absolute Gasteiger partial charge is 0.311 e. The number of nitrogens with zero attached hydrogens (tertiary/aromatic N) is 2. The number of hydrogen-bond donors (Lipinski definition) is 0. The van der Waals surface area contributed by atoms with Gasteiger partial charge in [0.25, 0.3) is 0 Å². The van der Waals surface area contributed by atoms with Gasteiger partial charge in [0.15, 0.2) is 0 Å². The molecule has 2 nitrogen and oxygen atoms in total. The van der Waals surface area contributed by atoms with Crippen LogP contribution < -0.4 is 9.80 Å². The Kier molecular flexibility index (Phi) is 8.77. The molecule has 0 saturated carbocycles. The molecule has 7 aromatic carbocycles. The Bertz CT molecular complexity index is 2270. The van der Waals surface area contributed by atoms with Crippen LogP contribution in [0.5, 0.6) is 0 Å². The van der Waals surface area contributed by atoms with Gasteiger partial charge in [-0.05, 0) is 124 Å². The van der Waals surface area contributed by atoms with E-state index in [1.54, 1.807) is 0 Å². The molecule has 0 aromatic heterocycles. The smallest absolute Gasteiger partial charge is 0.0502 e. The minimum absolute atomic E-state index is 0.0639. The van der Waals surface area contributed by atoms with Gasteiger partial charge in [-0.3, -0.25) is 0 Å². The van der Waals surface area contributed by atoms with Crippen molar-refractivity contribution in [3.8, 4) is 22.3 Å². The van der Waals surface area contributed by atoms with E-state index in [1.807, 2.05) is 0 Å². The third-order valence-electron chi connectivity index (χ3n) is 10.9. The molecule has 0 spiro atoms. The minimum Gasteiger partial charge on any atom is -0.311 e. The maximum atomic E-state index is 2.47. The van der Waals surface area contributed by atoms with Crippen molar-refractivity contribution in [3.05, 3.63) is 193 Å². The highest BCUT2D eigenvalue weighted by Gasteiger charge is 2.39. The summed E-state index contributed by atoms with van der Waals surface area (Å²) in [7, 11) is 0. The molecule has 0 saturated heterocycles. The van der Waals surface area contributed by atoms with E-state index >= 15 is 0 Å². The monoisotopic (exact) mass is 674 g/mol. The van der Waals surface area contributed by atoms with Crippen LogP contribution in [0.15, 0.2) is 182 Å². The van der Waals surface area contributed by atoms with Crippen LogP contribution in [0, 0.1) is 0 Å². The van der Waals surface area contributed by atoms with Gasteiger partial charge in [0.05, 0.1) is 5.69 Å². The van der Waals surface area contributed by atoms with Crippen molar-refractivity contribution in [1.29, 1.82) is 0 Å². The molecule has 7 aromatic rings. The lowest BCUT2D eigenvalue weighted by Gasteiger charge is -2.44. The molecule has 0 radical (unpaired) electrons.